The number of nitrogens with one attached hydrogen (secondary N) is 4. The second-order valence-corrected chi connectivity index (χ2v) is 18.1. The van der Waals surface area contributed by atoms with E-state index in [-0.39, 0.29) is 23.6 Å². The molecular formula is C36H60N6O7S. The molecule has 282 valence electrons. The minimum absolute atomic E-state index is 0.0169. The summed E-state index contributed by atoms with van der Waals surface area (Å²) in [6.07, 6.45) is 14.0. The second kappa shape index (κ2) is 17.2. The van der Waals surface area contributed by atoms with E-state index in [4.69, 9.17) is 0 Å². The average molecular weight is 721 g/mol. The number of carbonyl (C=O) groups excluding carboxylic acids is 5. The number of amides is 5. The molecule has 2 aliphatic carbocycles. The smallest absolute Gasteiger partial charge is 0.315 e. The lowest BCUT2D eigenvalue weighted by Crippen LogP contribution is -2.67. The van der Waals surface area contributed by atoms with Crippen LogP contribution >= 0.6 is 0 Å². The Morgan fingerprint density at radius 1 is 0.800 bits per heavy atom. The monoisotopic (exact) mass is 720 g/mol. The van der Waals surface area contributed by atoms with E-state index in [2.05, 4.69) is 21.3 Å². The van der Waals surface area contributed by atoms with Gasteiger partial charge in [-0.1, -0.05) is 77.6 Å². The van der Waals surface area contributed by atoms with Gasteiger partial charge in [-0.15, -0.1) is 0 Å². The molecule has 0 unspecified atom stereocenters. The number of hydrogen-bond acceptors (Lipinski definition) is 8. The van der Waals surface area contributed by atoms with Crippen molar-refractivity contribution in [2.75, 3.05) is 32.4 Å². The van der Waals surface area contributed by atoms with Gasteiger partial charge in [0.1, 0.15) is 12.1 Å². The number of rotatable bonds is 6. The highest BCUT2D eigenvalue weighted by Crippen LogP contribution is 2.36. The van der Waals surface area contributed by atoms with Gasteiger partial charge in [0.25, 0.3) is 5.91 Å². The third kappa shape index (κ3) is 9.77. The topological polar surface area (TPSA) is 174 Å². The van der Waals surface area contributed by atoms with Gasteiger partial charge >= 0.3 is 6.03 Å². The van der Waals surface area contributed by atoms with Crippen molar-refractivity contribution in [3.05, 3.63) is 0 Å². The summed E-state index contributed by atoms with van der Waals surface area (Å²) >= 11 is 0. The Morgan fingerprint density at radius 3 is 2.08 bits per heavy atom. The van der Waals surface area contributed by atoms with Gasteiger partial charge in [0.2, 0.25) is 17.6 Å². The molecule has 5 aliphatic rings. The van der Waals surface area contributed by atoms with Crippen molar-refractivity contribution in [1.82, 2.24) is 31.1 Å². The zero-order valence-electron chi connectivity index (χ0n) is 30.2. The van der Waals surface area contributed by atoms with E-state index in [1.807, 2.05) is 18.9 Å². The molecule has 4 N–H and O–H groups in total. The fraction of sp³-hybridized carbons (Fsp3) is 0.861. The summed E-state index contributed by atoms with van der Waals surface area (Å²) < 4.78 is 26.8. The molecule has 0 aromatic carbocycles. The van der Waals surface area contributed by atoms with Gasteiger partial charge in [-0.25, -0.2) is 13.2 Å². The molecule has 3 aliphatic heterocycles. The molecule has 0 radical (unpaired) electrons. The molecule has 2 saturated carbocycles. The lowest BCUT2D eigenvalue weighted by atomic mass is 9.78. The van der Waals surface area contributed by atoms with Crippen LogP contribution in [-0.2, 0) is 29.0 Å². The van der Waals surface area contributed by atoms with Gasteiger partial charge in [0.05, 0.1) is 22.6 Å². The number of carbonyl (C=O) groups is 5. The molecule has 3 saturated heterocycles. The average Bonchev–Trinajstić information content (AvgIpc) is 3.81. The lowest BCUT2D eigenvalue weighted by molar-refractivity contribution is -0.143. The summed E-state index contributed by atoms with van der Waals surface area (Å²) in [7, 11) is -1.54. The van der Waals surface area contributed by atoms with Crippen molar-refractivity contribution in [2.45, 2.75) is 157 Å². The van der Waals surface area contributed by atoms with Crippen molar-refractivity contribution in [3.8, 4) is 0 Å². The van der Waals surface area contributed by atoms with Crippen LogP contribution in [-0.4, -0.2) is 115 Å². The van der Waals surface area contributed by atoms with Crippen molar-refractivity contribution < 1.29 is 32.4 Å². The molecule has 0 bridgehead atoms. The Morgan fingerprint density at radius 2 is 1.42 bits per heavy atom. The Hall–Kier alpha value is -2.74. The van der Waals surface area contributed by atoms with Crippen LogP contribution in [0.15, 0.2) is 0 Å². The van der Waals surface area contributed by atoms with Crippen LogP contribution in [0.3, 0.4) is 0 Å². The zero-order valence-corrected chi connectivity index (χ0v) is 31.0. The summed E-state index contributed by atoms with van der Waals surface area (Å²) in [6, 6.07) is -3.26. The molecule has 13 nitrogen and oxygen atoms in total. The Kier molecular flexibility index (Phi) is 13.2. The maximum Gasteiger partial charge on any atom is 0.315 e. The molecule has 5 atom stereocenters. The molecule has 0 aromatic heterocycles. The molecule has 5 amide bonds. The second-order valence-electron chi connectivity index (χ2n) is 15.8. The SMILES string of the molecule is C[C@H]1CCN2C(=O)[C@@H](NC(=O)NC3([C@H]4CN(C)CCS4(=O)=O)CCCCC3)CCCCCCCCCC[C@@H](C(=O)C(=O)NC3CC3)NC(=O)[C@H]12. The molecule has 0 aromatic rings. The first-order chi connectivity index (χ1) is 23.9. The van der Waals surface area contributed by atoms with E-state index < -0.39 is 62.4 Å². The predicted molar refractivity (Wildman–Crippen MR) is 190 cm³/mol. The maximum absolute atomic E-state index is 14.3. The minimum atomic E-state index is -3.44. The third-order valence-corrected chi connectivity index (χ3v) is 14.0. The summed E-state index contributed by atoms with van der Waals surface area (Å²) in [5, 5.41) is 11.0. The van der Waals surface area contributed by atoms with E-state index in [9.17, 15) is 32.4 Å². The number of urea groups is 1. The van der Waals surface area contributed by atoms with Gasteiger partial charge in [-0.2, -0.15) is 0 Å². The first-order valence-corrected chi connectivity index (χ1v) is 21.1. The number of nitrogens with zero attached hydrogens (tertiary/aromatic N) is 2. The first kappa shape index (κ1) is 38.5. The van der Waals surface area contributed by atoms with Gasteiger partial charge in [0.15, 0.2) is 9.84 Å². The van der Waals surface area contributed by atoms with Crippen molar-refractivity contribution >= 4 is 39.4 Å². The number of hydrogen-bond donors (Lipinski definition) is 4. The number of Topliss-reactive ketones (excluding diaryl/α,β-unsaturated/α-hetero) is 1. The highest BCUT2D eigenvalue weighted by molar-refractivity contribution is 7.92. The number of ketones is 1. The van der Waals surface area contributed by atoms with Crippen LogP contribution < -0.4 is 21.3 Å². The van der Waals surface area contributed by atoms with Crippen molar-refractivity contribution in [1.29, 1.82) is 0 Å². The van der Waals surface area contributed by atoms with Gasteiger partial charge in [0, 0.05) is 25.7 Å². The molecule has 5 rings (SSSR count). The van der Waals surface area contributed by atoms with Crippen molar-refractivity contribution in [3.63, 3.8) is 0 Å². The normalized spacial score (nSPS) is 31.8. The van der Waals surface area contributed by atoms with Gasteiger partial charge in [-0.05, 0) is 57.9 Å². The first-order valence-electron chi connectivity index (χ1n) is 19.3. The molecular weight excluding hydrogens is 660 g/mol. The molecule has 3 heterocycles. The third-order valence-electron chi connectivity index (χ3n) is 11.8. The van der Waals surface area contributed by atoms with E-state index in [1.54, 1.807) is 0 Å². The molecule has 14 heteroatoms. The quantitative estimate of drug-likeness (QED) is 0.303. The Bertz CT molecular complexity index is 1350. The lowest BCUT2D eigenvalue weighted by Gasteiger charge is -2.46. The van der Waals surface area contributed by atoms with Crippen LogP contribution in [0.25, 0.3) is 0 Å². The van der Waals surface area contributed by atoms with Gasteiger partial charge < -0.3 is 31.1 Å². The predicted octanol–water partition coefficient (Wildman–Crippen LogP) is 2.57. The van der Waals surface area contributed by atoms with Crippen LogP contribution in [0.2, 0.25) is 0 Å². The standard InChI is InChI=1S/C36H60N6O7S/c1-25-18-21-42-30(25)32(44)38-27(31(43)33(45)37-26-16-17-26)14-10-7-5-3-4-6-8-11-15-28(34(42)46)39-35(47)40-36(19-12-9-13-20-36)29-24-41(2)22-23-50(29,48)49/h25-30H,3-24H2,1-2H3,(H,37,45)(H,38,44)(H2,39,40,47)/t25-,27-,28-,29+,30-/m0/s1. The van der Waals surface area contributed by atoms with Crippen molar-refractivity contribution in [2.24, 2.45) is 5.92 Å². The minimum Gasteiger partial charge on any atom is -0.347 e. The van der Waals surface area contributed by atoms with Crippen LogP contribution in [0.4, 0.5) is 4.79 Å². The van der Waals surface area contributed by atoms with Crippen LogP contribution in [0, 0.1) is 5.92 Å². The van der Waals surface area contributed by atoms with Gasteiger partial charge in [-0.3, -0.25) is 19.2 Å². The van der Waals surface area contributed by atoms with E-state index in [0.29, 0.717) is 58.2 Å². The van der Waals surface area contributed by atoms with E-state index >= 15 is 0 Å². The Labute approximate surface area is 298 Å². The fourth-order valence-electron chi connectivity index (χ4n) is 8.54. The zero-order chi connectivity index (χ0) is 35.9. The molecule has 5 fully saturated rings. The summed E-state index contributed by atoms with van der Waals surface area (Å²) in [4.78, 5) is 71.7. The van der Waals surface area contributed by atoms with Crippen LogP contribution in [0.5, 0.6) is 0 Å². The van der Waals surface area contributed by atoms with E-state index in [1.165, 1.54) is 4.90 Å². The summed E-state index contributed by atoms with van der Waals surface area (Å²) in [5.41, 5.74) is -0.923. The maximum atomic E-state index is 14.3. The van der Waals surface area contributed by atoms with E-state index in [0.717, 1.165) is 77.0 Å². The number of fused-ring (bicyclic) bond motifs is 1. The fourth-order valence-corrected chi connectivity index (χ4v) is 10.9. The number of sulfone groups is 1. The highest BCUT2D eigenvalue weighted by Gasteiger charge is 2.50. The molecule has 50 heavy (non-hydrogen) atoms. The highest BCUT2D eigenvalue weighted by atomic mass is 32.2. The summed E-state index contributed by atoms with van der Waals surface area (Å²) in [5.74, 6) is -2.27. The summed E-state index contributed by atoms with van der Waals surface area (Å²) in [6.45, 7) is 3.04. The van der Waals surface area contributed by atoms with Crippen LogP contribution in [0.1, 0.15) is 122 Å². The Balaban J connectivity index is 1.34. The largest absolute Gasteiger partial charge is 0.347 e. The molecule has 0 spiro atoms.